The summed E-state index contributed by atoms with van der Waals surface area (Å²) in [5, 5.41) is 3.98. The van der Waals surface area contributed by atoms with E-state index in [0.717, 1.165) is 22.2 Å². The number of amides is 1. The molecule has 0 atom stereocenters. The van der Waals surface area contributed by atoms with Gasteiger partial charge in [0.1, 0.15) is 0 Å². The first kappa shape index (κ1) is 17.0. The summed E-state index contributed by atoms with van der Waals surface area (Å²) in [5.74, 6) is 0.499. The molecular weight excluding hydrogens is 336 g/mol. The van der Waals surface area contributed by atoms with Crippen LogP contribution in [0.3, 0.4) is 0 Å². The Morgan fingerprint density at radius 1 is 1.00 bits per heavy atom. The molecular formula is C23H20N2O2. The number of rotatable bonds is 4. The fourth-order valence-electron chi connectivity index (χ4n) is 3.02. The van der Waals surface area contributed by atoms with Crippen LogP contribution in [0.5, 0.6) is 0 Å². The molecule has 0 aliphatic heterocycles. The Morgan fingerprint density at radius 2 is 1.89 bits per heavy atom. The van der Waals surface area contributed by atoms with Crippen LogP contribution in [0.1, 0.15) is 35.9 Å². The van der Waals surface area contributed by atoms with E-state index in [2.05, 4.69) is 43.4 Å². The Kier molecular flexibility index (Phi) is 4.47. The Morgan fingerprint density at radius 3 is 2.67 bits per heavy atom. The zero-order valence-corrected chi connectivity index (χ0v) is 15.3. The third kappa shape index (κ3) is 3.60. The van der Waals surface area contributed by atoms with Crippen molar-refractivity contribution in [1.29, 1.82) is 0 Å². The average Bonchev–Trinajstić information content (AvgIpc) is 3.22. The highest BCUT2D eigenvalue weighted by molar-refractivity contribution is 6.02. The lowest BCUT2D eigenvalue weighted by molar-refractivity contribution is 0.0996. The SMILES string of the molecule is CC(C)c1ccc2nc(-c3cccc(NC(=O)c4ccco4)c3)ccc2c1. The van der Waals surface area contributed by atoms with Gasteiger partial charge in [-0.1, -0.05) is 38.1 Å². The second kappa shape index (κ2) is 7.08. The molecule has 0 saturated heterocycles. The van der Waals surface area contributed by atoms with Gasteiger partial charge < -0.3 is 9.73 Å². The van der Waals surface area contributed by atoms with Gasteiger partial charge in [-0.3, -0.25) is 4.79 Å². The molecule has 4 heteroatoms. The van der Waals surface area contributed by atoms with Gasteiger partial charge >= 0.3 is 0 Å². The van der Waals surface area contributed by atoms with E-state index < -0.39 is 0 Å². The number of carbonyl (C=O) groups excluding carboxylic acids is 1. The van der Waals surface area contributed by atoms with Gasteiger partial charge in [-0.05, 0) is 53.9 Å². The number of hydrogen-bond donors (Lipinski definition) is 1. The summed E-state index contributed by atoms with van der Waals surface area (Å²) in [6, 6.07) is 21.5. The van der Waals surface area contributed by atoms with Crippen LogP contribution in [0.25, 0.3) is 22.2 Å². The van der Waals surface area contributed by atoms with Gasteiger partial charge in [0.25, 0.3) is 5.91 Å². The third-order valence-electron chi connectivity index (χ3n) is 4.54. The third-order valence-corrected chi connectivity index (χ3v) is 4.54. The van der Waals surface area contributed by atoms with Crippen LogP contribution < -0.4 is 5.32 Å². The molecule has 0 aliphatic rings. The number of fused-ring (bicyclic) bond motifs is 1. The fourth-order valence-corrected chi connectivity index (χ4v) is 3.02. The zero-order chi connectivity index (χ0) is 18.8. The number of nitrogens with one attached hydrogen (secondary N) is 1. The summed E-state index contributed by atoms with van der Waals surface area (Å²) in [6.07, 6.45) is 1.48. The molecule has 0 aliphatic carbocycles. The lowest BCUT2D eigenvalue weighted by Gasteiger charge is -2.09. The van der Waals surface area contributed by atoms with E-state index in [1.54, 1.807) is 12.1 Å². The van der Waals surface area contributed by atoms with Gasteiger partial charge in [-0.2, -0.15) is 0 Å². The van der Waals surface area contributed by atoms with Crippen LogP contribution in [0, 0.1) is 0 Å². The molecule has 4 rings (SSSR count). The molecule has 0 unspecified atom stereocenters. The number of nitrogens with zero attached hydrogens (tertiary/aromatic N) is 1. The number of hydrogen-bond acceptors (Lipinski definition) is 3. The van der Waals surface area contributed by atoms with Crippen molar-refractivity contribution >= 4 is 22.5 Å². The first-order valence-electron chi connectivity index (χ1n) is 8.96. The summed E-state index contributed by atoms with van der Waals surface area (Å²) < 4.78 is 5.13. The number of anilines is 1. The van der Waals surface area contributed by atoms with Crippen LogP contribution in [0.2, 0.25) is 0 Å². The molecule has 1 amide bonds. The van der Waals surface area contributed by atoms with Gasteiger partial charge in [0.2, 0.25) is 0 Å². The van der Waals surface area contributed by atoms with E-state index in [1.165, 1.54) is 11.8 Å². The molecule has 134 valence electrons. The minimum absolute atomic E-state index is 0.273. The molecule has 2 heterocycles. The quantitative estimate of drug-likeness (QED) is 0.497. The first-order chi connectivity index (χ1) is 13.1. The van der Waals surface area contributed by atoms with Crippen LogP contribution in [0.4, 0.5) is 5.69 Å². The zero-order valence-electron chi connectivity index (χ0n) is 15.3. The summed E-state index contributed by atoms with van der Waals surface area (Å²) in [7, 11) is 0. The lowest BCUT2D eigenvalue weighted by Crippen LogP contribution is -2.10. The highest BCUT2D eigenvalue weighted by Crippen LogP contribution is 2.26. The van der Waals surface area contributed by atoms with Crippen LogP contribution in [0.15, 0.2) is 77.4 Å². The van der Waals surface area contributed by atoms with Crippen molar-refractivity contribution in [2.24, 2.45) is 0 Å². The summed E-state index contributed by atoms with van der Waals surface area (Å²) in [6.45, 7) is 4.37. The average molecular weight is 356 g/mol. The second-order valence-corrected chi connectivity index (χ2v) is 6.82. The molecule has 4 aromatic rings. The Hall–Kier alpha value is -3.40. The maximum atomic E-state index is 12.2. The van der Waals surface area contributed by atoms with E-state index in [1.807, 2.05) is 30.3 Å². The highest BCUT2D eigenvalue weighted by Gasteiger charge is 2.10. The summed E-state index contributed by atoms with van der Waals surface area (Å²) >= 11 is 0. The minimum atomic E-state index is -0.273. The van der Waals surface area contributed by atoms with E-state index in [0.29, 0.717) is 11.6 Å². The molecule has 0 saturated carbocycles. The van der Waals surface area contributed by atoms with Gasteiger partial charge in [0.15, 0.2) is 5.76 Å². The van der Waals surface area contributed by atoms with Gasteiger partial charge in [-0.25, -0.2) is 4.98 Å². The summed E-state index contributed by atoms with van der Waals surface area (Å²) in [5.41, 5.74) is 4.78. The van der Waals surface area contributed by atoms with E-state index in [4.69, 9.17) is 9.40 Å². The number of aromatic nitrogens is 1. The number of carbonyl (C=O) groups is 1. The predicted molar refractivity (Wildman–Crippen MR) is 108 cm³/mol. The molecule has 4 nitrogen and oxygen atoms in total. The molecule has 0 bridgehead atoms. The Labute approximate surface area is 157 Å². The van der Waals surface area contributed by atoms with Crippen LogP contribution in [-0.4, -0.2) is 10.9 Å². The van der Waals surface area contributed by atoms with Crippen molar-refractivity contribution < 1.29 is 9.21 Å². The van der Waals surface area contributed by atoms with Gasteiger partial charge in [0, 0.05) is 16.6 Å². The number of benzene rings is 2. The molecule has 0 radical (unpaired) electrons. The molecule has 0 fully saturated rings. The van der Waals surface area contributed by atoms with Crippen molar-refractivity contribution in [3.05, 3.63) is 84.3 Å². The molecule has 2 aromatic carbocycles. The Balaban J connectivity index is 1.63. The number of pyridine rings is 1. The fraction of sp³-hybridized carbons (Fsp3) is 0.130. The van der Waals surface area contributed by atoms with Crippen molar-refractivity contribution in [3.63, 3.8) is 0 Å². The lowest BCUT2D eigenvalue weighted by atomic mass is 10.0. The van der Waals surface area contributed by atoms with E-state index >= 15 is 0 Å². The largest absolute Gasteiger partial charge is 0.459 e. The second-order valence-electron chi connectivity index (χ2n) is 6.82. The topological polar surface area (TPSA) is 55.1 Å². The Bertz CT molecular complexity index is 1100. The monoisotopic (exact) mass is 356 g/mol. The molecule has 0 spiro atoms. The van der Waals surface area contributed by atoms with Crippen molar-refractivity contribution in [2.75, 3.05) is 5.32 Å². The minimum Gasteiger partial charge on any atom is -0.459 e. The molecule has 2 aromatic heterocycles. The predicted octanol–water partition coefficient (Wildman–Crippen LogP) is 5.87. The maximum absolute atomic E-state index is 12.2. The maximum Gasteiger partial charge on any atom is 0.291 e. The highest BCUT2D eigenvalue weighted by atomic mass is 16.3. The molecule has 27 heavy (non-hydrogen) atoms. The van der Waals surface area contributed by atoms with Crippen molar-refractivity contribution in [2.45, 2.75) is 19.8 Å². The van der Waals surface area contributed by atoms with Gasteiger partial charge in [-0.15, -0.1) is 0 Å². The van der Waals surface area contributed by atoms with Crippen molar-refractivity contribution in [3.8, 4) is 11.3 Å². The standard InChI is InChI=1S/C23H20N2O2/c1-15(2)16-8-10-21-18(13-16)9-11-20(25-21)17-5-3-6-19(14-17)24-23(26)22-7-4-12-27-22/h3-15H,1-2H3,(H,24,26). The first-order valence-corrected chi connectivity index (χ1v) is 8.96. The van der Waals surface area contributed by atoms with Crippen LogP contribution >= 0.6 is 0 Å². The smallest absolute Gasteiger partial charge is 0.291 e. The molecule has 1 N–H and O–H groups in total. The number of furan rings is 1. The van der Waals surface area contributed by atoms with Crippen LogP contribution in [-0.2, 0) is 0 Å². The van der Waals surface area contributed by atoms with Crippen molar-refractivity contribution in [1.82, 2.24) is 4.98 Å². The summed E-state index contributed by atoms with van der Waals surface area (Å²) in [4.78, 5) is 16.9. The van der Waals surface area contributed by atoms with Gasteiger partial charge in [0.05, 0.1) is 17.5 Å². The van der Waals surface area contributed by atoms with E-state index in [9.17, 15) is 4.79 Å². The normalized spacial score (nSPS) is 11.1. The van der Waals surface area contributed by atoms with E-state index in [-0.39, 0.29) is 11.7 Å².